The number of nitrogen functional groups attached to an aromatic ring is 1. The number of hydrogen-bond donors (Lipinski definition) is 3. The van der Waals surface area contributed by atoms with Crippen molar-refractivity contribution in [2.75, 3.05) is 5.73 Å². The van der Waals surface area contributed by atoms with Crippen LogP contribution in [0.2, 0.25) is 0 Å². The van der Waals surface area contributed by atoms with Crippen LogP contribution in [0.25, 0.3) is 11.0 Å². The van der Waals surface area contributed by atoms with Gasteiger partial charge in [-0.2, -0.15) is 0 Å². The second-order valence-electron chi connectivity index (χ2n) is 4.25. The van der Waals surface area contributed by atoms with Crippen molar-refractivity contribution in [2.45, 2.75) is 0 Å². The summed E-state index contributed by atoms with van der Waals surface area (Å²) < 4.78 is 5.59. The van der Waals surface area contributed by atoms with Gasteiger partial charge in [-0.15, -0.1) is 0 Å². The van der Waals surface area contributed by atoms with E-state index in [2.05, 4.69) is 9.97 Å². The number of carbonyl (C=O) groups is 1. The first kappa shape index (κ1) is 12.0. The average Bonchev–Trinajstić information content (AvgIpc) is 2.85. The van der Waals surface area contributed by atoms with E-state index in [-0.39, 0.29) is 11.3 Å². The van der Waals surface area contributed by atoms with Crippen molar-refractivity contribution < 1.29 is 14.6 Å². The third-order valence-electron chi connectivity index (χ3n) is 2.84. The Morgan fingerprint density at radius 3 is 2.95 bits per heavy atom. The summed E-state index contributed by atoms with van der Waals surface area (Å²) in [5.41, 5.74) is 6.88. The lowest BCUT2D eigenvalue weighted by molar-refractivity contribution is 0.0694. The molecular formula is C14H11N3O3. The molecule has 0 unspecified atom stereocenters. The third kappa shape index (κ3) is 2.14. The zero-order chi connectivity index (χ0) is 14.1. The second kappa shape index (κ2) is 4.58. The van der Waals surface area contributed by atoms with Crippen molar-refractivity contribution >= 4 is 22.7 Å². The number of aromatic carboxylic acids is 1. The van der Waals surface area contributed by atoms with E-state index >= 15 is 0 Å². The number of pyridine rings is 1. The Bertz CT molecular complexity index is 795. The summed E-state index contributed by atoms with van der Waals surface area (Å²) in [7, 11) is 0. The Morgan fingerprint density at radius 2 is 2.15 bits per heavy atom. The molecule has 0 atom stereocenters. The van der Waals surface area contributed by atoms with Gasteiger partial charge in [0.2, 0.25) is 0 Å². The molecule has 0 aliphatic rings. The molecule has 4 N–H and O–H groups in total. The number of H-pyrrole nitrogens is 1. The summed E-state index contributed by atoms with van der Waals surface area (Å²) in [6, 6.07) is 8.03. The average molecular weight is 269 g/mol. The molecule has 6 heteroatoms. The first-order chi connectivity index (χ1) is 9.63. The van der Waals surface area contributed by atoms with Crippen LogP contribution in [0.1, 0.15) is 10.4 Å². The van der Waals surface area contributed by atoms with Gasteiger partial charge in [0.05, 0.1) is 6.20 Å². The highest BCUT2D eigenvalue weighted by molar-refractivity contribution is 5.91. The number of rotatable bonds is 3. The number of carboxylic acid groups (broad SMARTS) is 1. The van der Waals surface area contributed by atoms with Gasteiger partial charge in [0, 0.05) is 23.3 Å². The Balaban J connectivity index is 2.01. The topological polar surface area (TPSA) is 101 Å². The van der Waals surface area contributed by atoms with E-state index < -0.39 is 5.97 Å². The lowest BCUT2D eigenvalue weighted by atomic mass is 10.2. The molecular weight excluding hydrogens is 258 g/mol. The monoisotopic (exact) mass is 269 g/mol. The van der Waals surface area contributed by atoms with E-state index in [1.54, 1.807) is 12.3 Å². The molecule has 3 rings (SSSR count). The number of benzene rings is 1. The first-order valence-electron chi connectivity index (χ1n) is 5.87. The minimum Gasteiger partial charge on any atom is -0.478 e. The number of aromatic nitrogens is 2. The van der Waals surface area contributed by atoms with Crippen molar-refractivity contribution in [3.05, 3.63) is 48.3 Å². The molecule has 0 radical (unpaired) electrons. The SMILES string of the molecule is Nc1ccc(C(=O)O)c(Oc2cnc3[nH]ccc3c2)c1. The fourth-order valence-electron chi connectivity index (χ4n) is 1.90. The highest BCUT2D eigenvalue weighted by atomic mass is 16.5. The number of anilines is 1. The van der Waals surface area contributed by atoms with Crippen molar-refractivity contribution in [1.29, 1.82) is 0 Å². The van der Waals surface area contributed by atoms with Crippen LogP contribution in [-0.4, -0.2) is 21.0 Å². The number of nitrogens with two attached hydrogens (primary N) is 1. The summed E-state index contributed by atoms with van der Waals surface area (Å²) in [4.78, 5) is 18.3. The largest absolute Gasteiger partial charge is 0.478 e. The number of nitrogens with zero attached hydrogens (tertiary/aromatic N) is 1. The standard InChI is InChI=1S/C14H11N3O3/c15-9-1-2-11(14(18)19)12(6-9)20-10-5-8-3-4-16-13(8)17-7-10/h1-7H,15H2,(H,16,17)(H,18,19). The van der Waals surface area contributed by atoms with Gasteiger partial charge in [0.1, 0.15) is 22.7 Å². The van der Waals surface area contributed by atoms with Gasteiger partial charge in [0.15, 0.2) is 0 Å². The van der Waals surface area contributed by atoms with E-state index in [0.29, 0.717) is 11.4 Å². The molecule has 1 aromatic carbocycles. The van der Waals surface area contributed by atoms with Gasteiger partial charge in [0.25, 0.3) is 0 Å². The number of carboxylic acids is 1. The van der Waals surface area contributed by atoms with E-state index in [1.807, 2.05) is 6.07 Å². The van der Waals surface area contributed by atoms with E-state index in [0.717, 1.165) is 11.0 Å². The molecule has 0 amide bonds. The maximum atomic E-state index is 11.2. The van der Waals surface area contributed by atoms with Crippen LogP contribution in [-0.2, 0) is 0 Å². The van der Waals surface area contributed by atoms with Crippen molar-refractivity contribution in [1.82, 2.24) is 9.97 Å². The van der Waals surface area contributed by atoms with Gasteiger partial charge in [-0.1, -0.05) is 0 Å². The molecule has 6 nitrogen and oxygen atoms in total. The summed E-state index contributed by atoms with van der Waals surface area (Å²) in [6.45, 7) is 0. The number of ether oxygens (including phenoxy) is 1. The fraction of sp³-hybridized carbons (Fsp3) is 0. The fourth-order valence-corrected chi connectivity index (χ4v) is 1.90. The van der Waals surface area contributed by atoms with Crippen LogP contribution in [0.5, 0.6) is 11.5 Å². The normalized spacial score (nSPS) is 10.6. The zero-order valence-corrected chi connectivity index (χ0v) is 10.3. The Kier molecular flexibility index (Phi) is 2.76. The van der Waals surface area contributed by atoms with Crippen molar-refractivity contribution in [3.8, 4) is 11.5 Å². The van der Waals surface area contributed by atoms with E-state index in [4.69, 9.17) is 15.6 Å². The number of fused-ring (bicyclic) bond motifs is 1. The number of nitrogens with one attached hydrogen (secondary N) is 1. The lowest BCUT2D eigenvalue weighted by Crippen LogP contribution is -2.01. The number of hydrogen-bond acceptors (Lipinski definition) is 4. The minimum atomic E-state index is -1.07. The highest BCUT2D eigenvalue weighted by Gasteiger charge is 2.13. The predicted octanol–water partition coefficient (Wildman–Crippen LogP) is 2.64. The van der Waals surface area contributed by atoms with Crippen LogP contribution in [0.4, 0.5) is 5.69 Å². The van der Waals surface area contributed by atoms with Crippen LogP contribution >= 0.6 is 0 Å². The first-order valence-corrected chi connectivity index (χ1v) is 5.87. The summed E-state index contributed by atoms with van der Waals surface area (Å²) in [5, 5.41) is 10.0. The van der Waals surface area contributed by atoms with Crippen LogP contribution < -0.4 is 10.5 Å². The molecule has 20 heavy (non-hydrogen) atoms. The van der Waals surface area contributed by atoms with Crippen molar-refractivity contribution in [3.63, 3.8) is 0 Å². The molecule has 100 valence electrons. The molecule has 0 spiro atoms. The number of aromatic amines is 1. The lowest BCUT2D eigenvalue weighted by Gasteiger charge is -2.09. The maximum Gasteiger partial charge on any atom is 0.339 e. The zero-order valence-electron chi connectivity index (χ0n) is 10.3. The van der Waals surface area contributed by atoms with Crippen LogP contribution in [0.3, 0.4) is 0 Å². The molecule has 0 saturated carbocycles. The molecule has 2 aromatic heterocycles. The van der Waals surface area contributed by atoms with Gasteiger partial charge in [-0.25, -0.2) is 9.78 Å². The van der Waals surface area contributed by atoms with E-state index in [1.165, 1.54) is 24.4 Å². The molecule has 3 aromatic rings. The Labute approximate surface area is 113 Å². The molecule has 0 aliphatic heterocycles. The maximum absolute atomic E-state index is 11.2. The second-order valence-corrected chi connectivity index (χ2v) is 4.25. The quantitative estimate of drug-likeness (QED) is 0.634. The van der Waals surface area contributed by atoms with Crippen molar-refractivity contribution in [2.24, 2.45) is 0 Å². The Hall–Kier alpha value is -3.02. The summed E-state index contributed by atoms with van der Waals surface area (Å²) in [6.07, 6.45) is 3.29. The van der Waals surface area contributed by atoms with Gasteiger partial charge >= 0.3 is 5.97 Å². The van der Waals surface area contributed by atoms with Crippen LogP contribution in [0, 0.1) is 0 Å². The summed E-state index contributed by atoms with van der Waals surface area (Å²) in [5.74, 6) is -0.435. The van der Waals surface area contributed by atoms with Gasteiger partial charge in [-0.3, -0.25) is 0 Å². The molecule has 0 saturated heterocycles. The van der Waals surface area contributed by atoms with Gasteiger partial charge < -0.3 is 20.6 Å². The third-order valence-corrected chi connectivity index (χ3v) is 2.84. The molecule has 0 aliphatic carbocycles. The molecule has 0 bridgehead atoms. The predicted molar refractivity (Wildman–Crippen MR) is 74.0 cm³/mol. The molecule has 0 fully saturated rings. The summed E-state index contributed by atoms with van der Waals surface area (Å²) >= 11 is 0. The Morgan fingerprint density at radius 1 is 1.30 bits per heavy atom. The highest BCUT2D eigenvalue weighted by Crippen LogP contribution is 2.28. The molecule has 2 heterocycles. The smallest absolute Gasteiger partial charge is 0.339 e. The van der Waals surface area contributed by atoms with E-state index in [9.17, 15) is 4.79 Å². The van der Waals surface area contributed by atoms with Gasteiger partial charge in [-0.05, 0) is 24.3 Å². The van der Waals surface area contributed by atoms with Crippen LogP contribution in [0.15, 0.2) is 42.7 Å². The minimum absolute atomic E-state index is 0.0494.